The molecule has 1 aliphatic rings. The Morgan fingerprint density at radius 3 is 2.76 bits per heavy atom. The molecule has 1 heterocycles. The maximum Gasteiger partial charge on any atom is 0.101 e. The zero-order valence-corrected chi connectivity index (χ0v) is 13.5. The van der Waals surface area contributed by atoms with Crippen molar-refractivity contribution in [2.24, 2.45) is 0 Å². The molecule has 112 valence electrons. The molecule has 0 aliphatic carbocycles. The molecule has 0 unspecified atom stereocenters. The molecule has 4 heteroatoms. The van der Waals surface area contributed by atoms with Crippen LogP contribution < -0.4 is 5.32 Å². The fourth-order valence-corrected chi connectivity index (χ4v) is 2.67. The lowest BCUT2D eigenvalue weighted by Crippen LogP contribution is -2.39. The SMILES string of the molecule is CC(C)=CCN1CCC(Nc2ccc(Cl)c(C#N)c2)CC1. The van der Waals surface area contributed by atoms with Gasteiger partial charge in [-0.05, 0) is 44.9 Å². The summed E-state index contributed by atoms with van der Waals surface area (Å²) < 4.78 is 0. The maximum absolute atomic E-state index is 9.01. The first-order valence-corrected chi connectivity index (χ1v) is 7.78. The third-order valence-corrected chi connectivity index (χ3v) is 4.13. The van der Waals surface area contributed by atoms with E-state index < -0.39 is 0 Å². The average Bonchev–Trinajstić information content (AvgIpc) is 2.48. The zero-order chi connectivity index (χ0) is 15.2. The second-order valence-electron chi connectivity index (χ2n) is 5.81. The topological polar surface area (TPSA) is 39.1 Å². The van der Waals surface area contributed by atoms with E-state index in [-0.39, 0.29) is 0 Å². The van der Waals surface area contributed by atoms with Gasteiger partial charge in [0.2, 0.25) is 0 Å². The summed E-state index contributed by atoms with van der Waals surface area (Å²) in [7, 11) is 0. The van der Waals surface area contributed by atoms with E-state index in [0.717, 1.165) is 38.2 Å². The number of likely N-dealkylation sites (tertiary alicyclic amines) is 1. The summed E-state index contributed by atoms with van der Waals surface area (Å²) in [5, 5.41) is 13.0. The number of halogens is 1. The normalized spacial score (nSPS) is 16.3. The van der Waals surface area contributed by atoms with Gasteiger partial charge in [0.25, 0.3) is 0 Å². The molecule has 1 saturated heterocycles. The highest BCUT2D eigenvalue weighted by Crippen LogP contribution is 2.22. The molecule has 21 heavy (non-hydrogen) atoms. The van der Waals surface area contributed by atoms with Crippen molar-refractivity contribution >= 4 is 17.3 Å². The summed E-state index contributed by atoms with van der Waals surface area (Å²) in [6.45, 7) is 7.55. The molecule has 0 atom stereocenters. The number of piperidine rings is 1. The number of rotatable bonds is 4. The van der Waals surface area contributed by atoms with Gasteiger partial charge in [-0.1, -0.05) is 23.3 Å². The van der Waals surface area contributed by atoms with E-state index in [1.54, 1.807) is 6.07 Å². The molecule has 0 saturated carbocycles. The summed E-state index contributed by atoms with van der Waals surface area (Å²) in [4.78, 5) is 2.48. The number of hydrogen-bond donors (Lipinski definition) is 1. The lowest BCUT2D eigenvalue weighted by atomic mass is 10.0. The third-order valence-electron chi connectivity index (χ3n) is 3.80. The van der Waals surface area contributed by atoms with Crippen molar-refractivity contribution in [1.82, 2.24) is 4.90 Å². The summed E-state index contributed by atoms with van der Waals surface area (Å²) in [6, 6.07) is 8.15. The number of nitrogens with one attached hydrogen (secondary N) is 1. The second kappa shape index (κ2) is 7.49. The Bertz CT molecular complexity index is 548. The van der Waals surface area contributed by atoms with Gasteiger partial charge < -0.3 is 5.32 Å². The Morgan fingerprint density at radius 1 is 1.43 bits per heavy atom. The predicted octanol–water partition coefficient (Wildman–Crippen LogP) is 4.05. The van der Waals surface area contributed by atoms with Crippen molar-refractivity contribution in [3.63, 3.8) is 0 Å². The zero-order valence-electron chi connectivity index (χ0n) is 12.7. The van der Waals surface area contributed by atoms with Crippen LogP contribution in [0, 0.1) is 11.3 Å². The van der Waals surface area contributed by atoms with E-state index in [1.165, 1.54) is 5.57 Å². The third kappa shape index (κ3) is 4.77. The molecule has 1 N–H and O–H groups in total. The smallest absolute Gasteiger partial charge is 0.101 e. The number of nitriles is 1. The molecule has 1 fully saturated rings. The number of benzene rings is 1. The Hall–Kier alpha value is -1.50. The fourth-order valence-electron chi connectivity index (χ4n) is 2.51. The van der Waals surface area contributed by atoms with Crippen molar-refractivity contribution < 1.29 is 0 Å². The van der Waals surface area contributed by atoms with Gasteiger partial charge in [-0.3, -0.25) is 4.90 Å². The van der Waals surface area contributed by atoms with Gasteiger partial charge in [-0.2, -0.15) is 5.26 Å². The molecule has 3 nitrogen and oxygen atoms in total. The summed E-state index contributed by atoms with van der Waals surface area (Å²) in [5.74, 6) is 0. The second-order valence-corrected chi connectivity index (χ2v) is 6.21. The minimum Gasteiger partial charge on any atom is -0.382 e. The van der Waals surface area contributed by atoms with E-state index in [0.29, 0.717) is 16.6 Å². The van der Waals surface area contributed by atoms with Gasteiger partial charge in [0, 0.05) is 31.4 Å². The molecule has 0 aromatic heterocycles. The summed E-state index contributed by atoms with van der Waals surface area (Å²) in [5.41, 5.74) is 2.89. The number of hydrogen-bond acceptors (Lipinski definition) is 3. The number of anilines is 1. The number of allylic oxidation sites excluding steroid dienone is 1. The molecule has 1 aromatic rings. The van der Waals surface area contributed by atoms with E-state index in [4.69, 9.17) is 16.9 Å². The Labute approximate surface area is 132 Å². The first-order chi connectivity index (χ1) is 10.1. The standard InChI is InChI=1S/C17H22ClN3/c1-13(2)5-8-21-9-6-15(7-10-21)20-16-3-4-17(18)14(11-16)12-19/h3-5,11,15,20H,6-10H2,1-2H3. The summed E-state index contributed by atoms with van der Waals surface area (Å²) in [6.07, 6.45) is 4.54. The van der Waals surface area contributed by atoms with Crippen molar-refractivity contribution in [3.8, 4) is 6.07 Å². The quantitative estimate of drug-likeness (QED) is 0.853. The van der Waals surface area contributed by atoms with Gasteiger partial charge in [-0.25, -0.2) is 0 Å². The molecule has 0 amide bonds. The van der Waals surface area contributed by atoms with Gasteiger partial charge in [0.15, 0.2) is 0 Å². The number of nitrogens with zero attached hydrogens (tertiary/aromatic N) is 2. The first-order valence-electron chi connectivity index (χ1n) is 7.40. The fraction of sp³-hybridized carbons (Fsp3) is 0.471. The van der Waals surface area contributed by atoms with Crippen LogP contribution in [0.15, 0.2) is 29.8 Å². The maximum atomic E-state index is 9.01. The summed E-state index contributed by atoms with van der Waals surface area (Å²) >= 11 is 5.96. The van der Waals surface area contributed by atoms with Crippen molar-refractivity contribution in [2.75, 3.05) is 25.0 Å². The van der Waals surface area contributed by atoms with Crippen molar-refractivity contribution in [3.05, 3.63) is 40.4 Å². The van der Waals surface area contributed by atoms with Crippen LogP contribution in [0.3, 0.4) is 0 Å². The Balaban J connectivity index is 1.86. The lowest BCUT2D eigenvalue weighted by molar-refractivity contribution is 0.240. The van der Waals surface area contributed by atoms with Crippen LogP contribution >= 0.6 is 11.6 Å². The highest BCUT2D eigenvalue weighted by atomic mass is 35.5. The molecule has 0 bridgehead atoms. The molecule has 0 radical (unpaired) electrons. The first kappa shape index (κ1) is 15.9. The Morgan fingerprint density at radius 2 is 2.14 bits per heavy atom. The molecular weight excluding hydrogens is 282 g/mol. The van der Waals surface area contributed by atoms with Crippen LogP contribution in [0.1, 0.15) is 32.3 Å². The van der Waals surface area contributed by atoms with E-state index in [2.05, 4.69) is 36.2 Å². The van der Waals surface area contributed by atoms with Gasteiger partial charge in [0.05, 0.1) is 10.6 Å². The van der Waals surface area contributed by atoms with Crippen LogP contribution in [-0.4, -0.2) is 30.6 Å². The van der Waals surface area contributed by atoms with Crippen molar-refractivity contribution in [2.45, 2.75) is 32.7 Å². The minimum atomic E-state index is 0.473. The largest absolute Gasteiger partial charge is 0.382 e. The van der Waals surface area contributed by atoms with Gasteiger partial charge >= 0.3 is 0 Å². The molecule has 0 spiro atoms. The van der Waals surface area contributed by atoms with Crippen LogP contribution in [0.2, 0.25) is 5.02 Å². The Kier molecular flexibility index (Phi) is 5.67. The van der Waals surface area contributed by atoms with Crippen LogP contribution in [-0.2, 0) is 0 Å². The van der Waals surface area contributed by atoms with E-state index >= 15 is 0 Å². The van der Waals surface area contributed by atoms with Crippen LogP contribution in [0.4, 0.5) is 5.69 Å². The monoisotopic (exact) mass is 303 g/mol. The molecule has 2 rings (SSSR count). The average molecular weight is 304 g/mol. The van der Waals surface area contributed by atoms with E-state index in [1.807, 2.05) is 12.1 Å². The minimum absolute atomic E-state index is 0.473. The van der Waals surface area contributed by atoms with Crippen molar-refractivity contribution in [1.29, 1.82) is 5.26 Å². The van der Waals surface area contributed by atoms with Gasteiger partial charge in [-0.15, -0.1) is 0 Å². The van der Waals surface area contributed by atoms with Crippen LogP contribution in [0.25, 0.3) is 0 Å². The molecular formula is C17H22ClN3. The highest BCUT2D eigenvalue weighted by Gasteiger charge is 2.18. The van der Waals surface area contributed by atoms with Gasteiger partial charge in [0.1, 0.15) is 6.07 Å². The highest BCUT2D eigenvalue weighted by molar-refractivity contribution is 6.31. The van der Waals surface area contributed by atoms with E-state index in [9.17, 15) is 0 Å². The molecule has 1 aromatic carbocycles. The lowest BCUT2D eigenvalue weighted by Gasteiger charge is -2.32. The molecule has 1 aliphatic heterocycles. The predicted molar refractivity (Wildman–Crippen MR) is 88.7 cm³/mol. The van der Waals surface area contributed by atoms with Crippen LogP contribution in [0.5, 0.6) is 0 Å².